The van der Waals surface area contributed by atoms with Gasteiger partial charge in [0.05, 0.1) is 26.2 Å². The average Bonchev–Trinajstić information content (AvgIpc) is 2.39. The molecule has 1 aromatic heterocycles. The summed E-state index contributed by atoms with van der Waals surface area (Å²) >= 11 is 0. The normalized spacial score (nSPS) is 9.71. The fourth-order valence-corrected chi connectivity index (χ4v) is 1.46. The number of pyridine rings is 1. The van der Waals surface area contributed by atoms with E-state index in [1.54, 1.807) is 20.4 Å². The summed E-state index contributed by atoms with van der Waals surface area (Å²) in [7, 11) is 3.25. The zero-order chi connectivity index (χ0) is 12.5. The van der Waals surface area contributed by atoms with Gasteiger partial charge in [-0.2, -0.15) is 5.26 Å². The summed E-state index contributed by atoms with van der Waals surface area (Å²) in [6, 6.07) is 5.90. The van der Waals surface area contributed by atoms with Crippen molar-refractivity contribution in [2.45, 2.75) is 6.42 Å². The molecular weight excluding hydrogens is 218 g/mol. The monoisotopic (exact) mass is 235 g/mol. The lowest BCUT2D eigenvalue weighted by Gasteiger charge is -2.23. The molecule has 0 saturated carbocycles. The summed E-state index contributed by atoms with van der Waals surface area (Å²) < 4.78 is 10.1. The fourth-order valence-electron chi connectivity index (χ4n) is 1.46. The molecule has 0 spiro atoms. The third-order valence-corrected chi connectivity index (χ3v) is 2.35. The van der Waals surface area contributed by atoms with E-state index in [9.17, 15) is 0 Å². The van der Waals surface area contributed by atoms with E-state index in [-0.39, 0.29) is 0 Å². The van der Waals surface area contributed by atoms with Gasteiger partial charge in [-0.3, -0.25) is 0 Å². The minimum Gasteiger partial charge on any atom is -0.481 e. The van der Waals surface area contributed by atoms with Crippen LogP contribution >= 0.6 is 0 Å². The Hall–Kier alpha value is -1.80. The van der Waals surface area contributed by atoms with E-state index in [2.05, 4.69) is 16.0 Å². The zero-order valence-electron chi connectivity index (χ0n) is 10.2. The largest absolute Gasteiger partial charge is 0.481 e. The second-order valence-corrected chi connectivity index (χ2v) is 3.44. The third-order valence-electron chi connectivity index (χ3n) is 2.35. The van der Waals surface area contributed by atoms with Crippen molar-refractivity contribution < 1.29 is 9.47 Å². The van der Waals surface area contributed by atoms with Crippen LogP contribution in [0.15, 0.2) is 18.3 Å². The highest BCUT2D eigenvalue weighted by Gasteiger charge is 2.07. The Morgan fingerprint density at radius 2 is 2.24 bits per heavy atom. The van der Waals surface area contributed by atoms with Crippen LogP contribution in [0.1, 0.15) is 6.42 Å². The highest BCUT2D eigenvalue weighted by Crippen LogP contribution is 2.18. The van der Waals surface area contributed by atoms with Gasteiger partial charge < -0.3 is 14.4 Å². The van der Waals surface area contributed by atoms with Gasteiger partial charge in [-0.05, 0) is 6.07 Å². The summed E-state index contributed by atoms with van der Waals surface area (Å²) in [6.45, 7) is 2.04. The van der Waals surface area contributed by atoms with E-state index < -0.39 is 0 Å². The smallest absolute Gasteiger partial charge is 0.214 e. The molecule has 5 heteroatoms. The average molecular weight is 235 g/mol. The Labute approximate surface area is 102 Å². The molecule has 0 atom stereocenters. The zero-order valence-corrected chi connectivity index (χ0v) is 10.2. The molecule has 1 rings (SSSR count). The number of nitrogens with zero attached hydrogens (tertiary/aromatic N) is 3. The number of nitriles is 1. The summed E-state index contributed by atoms with van der Waals surface area (Å²) in [6.07, 6.45) is 2.18. The first-order chi connectivity index (χ1) is 8.31. The van der Waals surface area contributed by atoms with Gasteiger partial charge in [-0.25, -0.2) is 4.98 Å². The molecule has 0 unspecified atom stereocenters. The van der Waals surface area contributed by atoms with Gasteiger partial charge in [0.15, 0.2) is 0 Å². The van der Waals surface area contributed by atoms with Crippen molar-refractivity contribution in [3.05, 3.63) is 18.3 Å². The van der Waals surface area contributed by atoms with Gasteiger partial charge in [0.25, 0.3) is 0 Å². The van der Waals surface area contributed by atoms with Gasteiger partial charge >= 0.3 is 0 Å². The number of ether oxygens (including phenoxy) is 2. The molecule has 5 nitrogen and oxygen atoms in total. The van der Waals surface area contributed by atoms with Crippen LogP contribution in [0.2, 0.25) is 0 Å². The van der Waals surface area contributed by atoms with E-state index in [0.29, 0.717) is 25.5 Å². The van der Waals surface area contributed by atoms with Crippen molar-refractivity contribution in [2.75, 3.05) is 38.8 Å². The summed E-state index contributed by atoms with van der Waals surface area (Å²) in [5.41, 5.74) is 0.990. The van der Waals surface area contributed by atoms with Gasteiger partial charge in [-0.15, -0.1) is 0 Å². The Balaban J connectivity index is 2.75. The Morgan fingerprint density at radius 1 is 1.41 bits per heavy atom. The summed E-state index contributed by atoms with van der Waals surface area (Å²) in [4.78, 5) is 6.14. The third kappa shape index (κ3) is 4.29. The van der Waals surface area contributed by atoms with Gasteiger partial charge in [0, 0.05) is 38.1 Å². The maximum Gasteiger partial charge on any atom is 0.214 e. The number of hydrogen-bond acceptors (Lipinski definition) is 5. The molecular formula is C12H17N3O2. The Bertz CT molecular complexity index is 376. The molecule has 0 fully saturated rings. The number of anilines is 1. The standard InChI is InChI=1S/C12H17N3O2/c1-16-9-8-15(7-3-5-13)11-4-6-14-12(10-11)17-2/h4,6,10H,3,7-9H2,1-2H3. The molecule has 0 aliphatic carbocycles. The van der Waals surface area contributed by atoms with Crippen molar-refractivity contribution in [2.24, 2.45) is 0 Å². The molecule has 1 aromatic rings. The van der Waals surface area contributed by atoms with E-state index >= 15 is 0 Å². The Kier molecular flexibility index (Phi) is 5.83. The van der Waals surface area contributed by atoms with Crippen LogP contribution in [-0.2, 0) is 4.74 Å². The number of methoxy groups -OCH3 is 2. The molecule has 92 valence electrons. The molecule has 1 heterocycles. The first kappa shape index (κ1) is 13.3. The second-order valence-electron chi connectivity index (χ2n) is 3.44. The topological polar surface area (TPSA) is 58.4 Å². The molecule has 0 N–H and O–H groups in total. The van der Waals surface area contributed by atoms with E-state index in [1.165, 1.54) is 0 Å². The lowest BCUT2D eigenvalue weighted by Crippen LogP contribution is -2.28. The van der Waals surface area contributed by atoms with E-state index in [1.807, 2.05) is 12.1 Å². The fraction of sp³-hybridized carbons (Fsp3) is 0.500. The SMILES string of the molecule is COCCN(CCC#N)c1ccnc(OC)c1. The van der Waals surface area contributed by atoms with Crippen LogP contribution in [-0.4, -0.2) is 38.9 Å². The Morgan fingerprint density at radius 3 is 2.88 bits per heavy atom. The van der Waals surface area contributed by atoms with Crippen molar-refractivity contribution in [1.29, 1.82) is 5.26 Å². The van der Waals surface area contributed by atoms with Crippen molar-refractivity contribution in [3.8, 4) is 11.9 Å². The van der Waals surface area contributed by atoms with Crippen molar-refractivity contribution in [3.63, 3.8) is 0 Å². The van der Waals surface area contributed by atoms with E-state index in [0.717, 1.165) is 12.2 Å². The maximum absolute atomic E-state index is 8.64. The first-order valence-electron chi connectivity index (χ1n) is 5.42. The number of aromatic nitrogens is 1. The molecule has 17 heavy (non-hydrogen) atoms. The first-order valence-corrected chi connectivity index (χ1v) is 5.42. The lowest BCUT2D eigenvalue weighted by atomic mass is 10.3. The lowest BCUT2D eigenvalue weighted by molar-refractivity contribution is 0.205. The van der Waals surface area contributed by atoms with Crippen LogP contribution in [0.5, 0.6) is 5.88 Å². The molecule has 0 aliphatic heterocycles. The van der Waals surface area contributed by atoms with Gasteiger partial charge in [-0.1, -0.05) is 0 Å². The summed E-state index contributed by atoms with van der Waals surface area (Å²) in [5.74, 6) is 0.571. The molecule has 0 bridgehead atoms. The van der Waals surface area contributed by atoms with Crippen molar-refractivity contribution >= 4 is 5.69 Å². The predicted molar refractivity (Wildman–Crippen MR) is 65.1 cm³/mol. The predicted octanol–water partition coefficient (Wildman–Crippen LogP) is 1.46. The van der Waals surface area contributed by atoms with Crippen molar-refractivity contribution in [1.82, 2.24) is 4.98 Å². The quantitative estimate of drug-likeness (QED) is 0.716. The molecule has 0 aromatic carbocycles. The molecule has 0 saturated heterocycles. The molecule has 0 aliphatic rings. The van der Waals surface area contributed by atoms with E-state index in [4.69, 9.17) is 14.7 Å². The summed E-state index contributed by atoms with van der Waals surface area (Å²) in [5, 5.41) is 8.64. The van der Waals surface area contributed by atoms with Crippen LogP contribution in [0.3, 0.4) is 0 Å². The minimum atomic E-state index is 0.481. The van der Waals surface area contributed by atoms with Crippen LogP contribution in [0.25, 0.3) is 0 Å². The van der Waals surface area contributed by atoms with Gasteiger partial charge in [0.2, 0.25) is 5.88 Å². The highest BCUT2D eigenvalue weighted by molar-refractivity contribution is 5.48. The highest BCUT2D eigenvalue weighted by atomic mass is 16.5. The molecule has 0 amide bonds. The van der Waals surface area contributed by atoms with Crippen LogP contribution < -0.4 is 9.64 Å². The number of hydrogen-bond donors (Lipinski definition) is 0. The maximum atomic E-state index is 8.64. The minimum absolute atomic E-state index is 0.481. The van der Waals surface area contributed by atoms with Crippen LogP contribution in [0.4, 0.5) is 5.69 Å². The second kappa shape index (κ2) is 7.47. The van der Waals surface area contributed by atoms with Crippen LogP contribution in [0, 0.1) is 11.3 Å². The number of rotatable bonds is 7. The molecule has 0 radical (unpaired) electrons. The van der Waals surface area contributed by atoms with Gasteiger partial charge in [0.1, 0.15) is 0 Å².